The van der Waals surface area contributed by atoms with Gasteiger partial charge in [0.1, 0.15) is 6.10 Å². The van der Waals surface area contributed by atoms with Crippen LogP contribution in [0.15, 0.2) is 0 Å². The quantitative estimate of drug-likeness (QED) is 0.330. The van der Waals surface area contributed by atoms with E-state index >= 15 is 0 Å². The molecule has 4 nitrogen and oxygen atoms in total. The normalized spacial score (nSPS) is 29.1. The van der Waals surface area contributed by atoms with Gasteiger partial charge in [-0.25, -0.2) is 0 Å². The third-order valence-electron chi connectivity index (χ3n) is 10.2. The molecule has 2 fully saturated rings. The number of carbonyl (C=O) groups excluding carboxylic acids is 1. The largest absolute Gasteiger partial charge is 0.461 e. The maximum atomic E-state index is 13.5. The zero-order valence-electron chi connectivity index (χ0n) is 22.7. The maximum absolute atomic E-state index is 13.5. The van der Waals surface area contributed by atoms with Crippen molar-refractivity contribution in [3.8, 4) is 0 Å². The summed E-state index contributed by atoms with van der Waals surface area (Å²) in [6, 6.07) is 0. The van der Waals surface area contributed by atoms with Crippen molar-refractivity contribution in [1.29, 1.82) is 0 Å². The Kier molecular flexibility index (Phi) is 8.58. The van der Waals surface area contributed by atoms with E-state index in [-0.39, 0.29) is 34.9 Å². The number of hydrogen-bond donors (Lipinski definition) is 1. The van der Waals surface area contributed by atoms with E-state index in [1.54, 1.807) is 0 Å². The molecule has 32 heavy (non-hydrogen) atoms. The van der Waals surface area contributed by atoms with Gasteiger partial charge in [0, 0.05) is 10.8 Å². The molecular formula is C28H52O4. The first kappa shape index (κ1) is 27.6. The lowest BCUT2D eigenvalue weighted by molar-refractivity contribution is -0.221. The second kappa shape index (κ2) is 9.94. The van der Waals surface area contributed by atoms with Crippen LogP contribution in [-0.2, 0) is 14.3 Å². The van der Waals surface area contributed by atoms with Crippen LogP contribution in [0, 0.1) is 33.5 Å². The molecule has 188 valence electrons. The zero-order valence-corrected chi connectivity index (χ0v) is 22.7. The van der Waals surface area contributed by atoms with Crippen LogP contribution >= 0.6 is 0 Å². The third-order valence-corrected chi connectivity index (χ3v) is 10.2. The van der Waals surface area contributed by atoms with Gasteiger partial charge in [-0.3, -0.25) is 4.79 Å². The van der Waals surface area contributed by atoms with Crippen molar-refractivity contribution in [3.05, 3.63) is 0 Å². The van der Waals surface area contributed by atoms with Crippen LogP contribution in [0.25, 0.3) is 0 Å². The topological polar surface area (TPSA) is 55.8 Å². The van der Waals surface area contributed by atoms with Crippen molar-refractivity contribution in [1.82, 2.24) is 0 Å². The van der Waals surface area contributed by atoms with Gasteiger partial charge in [0.25, 0.3) is 0 Å². The van der Waals surface area contributed by atoms with Gasteiger partial charge in [0.2, 0.25) is 0 Å². The van der Waals surface area contributed by atoms with Gasteiger partial charge in [-0.2, -0.15) is 0 Å². The molecule has 0 radical (unpaired) electrons. The van der Waals surface area contributed by atoms with Crippen molar-refractivity contribution >= 4 is 5.97 Å². The van der Waals surface area contributed by atoms with E-state index < -0.39 is 17.1 Å². The highest BCUT2D eigenvalue weighted by Crippen LogP contribution is 2.57. The number of rotatable bonds is 7. The number of aliphatic hydroxyl groups is 1. The summed E-state index contributed by atoms with van der Waals surface area (Å²) in [5.74, 6) is 0.200. The fourth-order valence-electron chi connectivity index (χ4n) is 5.67. The van der Waals surface area contributed by atoms with Gasteiger partial charge in [-0.05, 0) is 50.4 Å². The molecule has 0 saturated heterocycles. The molecule has 4 unspecified atom stereocenters. The van der Waals surface area contributed by atoms with Crippen LogP contribution in [0.3, 0.4) is 0 Å². The average Bonchev–Trinajstić information content (AvgIpc) is 2.81. The van der Waals surface area contributed by atoms with Crippen LogP contribution in [0.4, 0.5) is 0 Å². The molecule has 0 heterocycles. The Hall–Kier alpha value is -0.610. The number of aliphatic hydroxyl groups excluding tert-OH is 1. The van der Waals surface area contributed by atoms with Gasteiger partial charge >= 0.3 is 5.97 Å². The molecule has 0 aromatic rings. The van der Waals surface area contributed by atoms with Crippen LogP contribution in [-0.4, -0.2) is 29.6 Å². The van der Waals surface area contributed by atoms with Gasteiger partial charge in [0.15, 0.2) is 6.29 Å². The monoisotopic (exact) mass is 452 g/mol. The predicted octanol–water partition coefficient (Wildman–Crippen LogP) is 7.13. The zero-order chi connectivity index (χ0) is 24.5. The van der Waals surface area contributed by atoms with Crippen molar-refractivity contribution < 1.29 is 19.4 Å². The lowest BCUT2D eigenvalue weighted by atomic mass is 9.65. The Balaban J connectivity index is 2.08. The number of ether oxygens (including phenoxy) is 2. The van der Waals surface area contributed by atoms with Crippen molar-refractivity contribution in [2.45, 2.75) is 139 Å². The Morgan fingerprint density at radius 1 is 0.938 bits per heavy atom. The average molecular weight is 453 g/mol. The molecule has 4 heteroatoms. The summed E-state index contributed by atoms with van der Waals surface area (Å²) < 4.78 is 12.4. The molecule has 0 aliphatic heterocycles. The standard InChI is InChI=1S/C28H52O4/c1-19-18-22(28(9,10)27(19,7)8)32-24(30)26(5,6)20(2)25(3,4)23(29)31-21-16-14-12-11-13-15-17-21/h19-23,29H,11-18H2,1-10H3. The van der Waals surface area contributed by atoms with Crippen molar-refractivity contribution in [2.24, 2.45) is 33.5 Å². The highest BCUT2D eigenvalue weighted by Gasteiger charge is 2.56. The van der Waals surface area contributed by atoms with Gasteiger partial charge in [-0.15, -0.1) is 0 Å². The Labute approximate surface area is 198 Å². The van der Waals surface area contributed by atoms with E-state index in [4.69, 9.17) is 9.47 Å². The summed E-state index contributed by atoms with van der Waals surface area (Å²) in [5.41, 5.74) is -1.30. The summed E-state index contributed by atoms with van der Waals surface area (Å²) in [6.45, 7) is 21.3. The molecular weight excluding hydrogens is 400 g/mol. The van der Waals surface area contributed by atoms with Gasteiger partial charge in [-0.1, -0.05) is 87.5 Å². The molecule has 0 aromatic heterocycles. The van der Waals surface area contributed by atoms with Crippen LogP contribution in [0.1, 0.15) is 121 Å². The minimum atomic E-state index is -0.907. The van der Waals surface area contributed by atoms with Gasteiger partial charge in [0.05, 0.1) is 11.5 Å². The van der Waals surface area contributed by atoms with E-state index in [1.807, 2.05) is 27.7 Å². The highest BCUT2D eigenvalue weighted by atomic mass is 16.6. The smallest absolute Gasteiger partial charge is 0.312 e. The lowest BCUT2D eigenvalue weighted by Gasteiger charge is -2.45. The lowest BCUT2D eigenvalue weighted by Crippen LogP contribution is -2.49. The first-order chi connectivity index (χ1) is 14.6. The molecule has 4 atom stereocenters. The summed E-state index contributed by atoms with van der Waals surface area (Å²) >= 11 is 0. The Morgan fingerprint density at radius 3 is 1.91 bits per heavy atom. The fourth-order valence-corrected chi connectivity index (χ4v) is 5.67. The summed E-state index contributed by atoms with van der Waals surface area (Å²) in [5, 5.41) is 11.1. The maximum Gasteiger partial charge on any atom is 0.312 e. The van der Waals surface area contributed by atoms with Crippen LogP contribution in [0.2, 0.25) is 0 Å². The number of carbonyl (C=O) groups is 1. The van der Waals surface area contributed by atoms with E-state index in [1.165, 1.54) is 19.3 Å². The van der Waals surface area contributed by atoms with E-state index in [0.29, 0.717) is 5.92 Å². The minimum absolute atomic E-state index is 0.0856. The van der Waals surface area contributed by atoms with Crippen LogP contribution < -0.4 is 0 Å². The number of hydrogen-bond acceptors (Lipinski definition) is 4. The first-order valence-corrected chi connectivity index (χ1v) is 13.1. The fraction of sp³-hybridized carbons (Fsp3) is 0.964. The van der Waals surface area contributed by atoms with Gasteiger partial charge < -0.3 is 14.6 Å². The second-order valence-electron chi connectivity index (χ2n) is 13.2. The highest BCUT2D eigenvalue weighted by molar-refractivity contribution is 5.76. The summed E-state index contributed by atoms with van der Waals surface area (Å²) in [4.78, 5) is 13.5. The molecule has 0 amide bonds. The molecule has 1 N–H and O–H groups in total. The molecule has 2 aliphatic carbocycles. The Morgan fingerprint density at radius 2 is 1.44 bits per heavy atom. The van der Waals surface area contributed by atoms with E-state index in [0.717, 1.165) is 32.1 Å². The first-order valence-electron chi connectivity index (χ1n) is 13.1. The molecule has 2 rings (SSSR count). The second-order valence-corrected chi connectivity index (χ2v) is 13.2. The minimum Gasteiger partial charge on any atom is -0.461 e. The molecule has 2 aliphatic rings. The number of esters is 1. The third kappa shape index (κ3) is 5.37. The summed E-state index contributed by atoms with van der Waals surface area (Å²) in [6.07, 6.45) is 8.16. The molecule has 2 saturated carbocycles. The summed E-state index contributed by atoms with van der Waals surface area (Å²) in [7, 11) is 0. The van der Waals surface area contributed by atoms with E-state index in [2.05, 4.69) is 41.5 Å². The molecule has 0 bridgehead atoms. The van der Waals surface area contributed by atoms with E-state index in [9.17, 15) is 9.90 Å². The van der Waals surface area contributed by atoms with Crippen molar-refractivity contribution in [2.75, 3.05) is 0 Å². The molecule has 0 aromatic carbocycles. The predicted molar refractivity (Wildman–Crippen MR) is 131 cm³/mol. The van der Waals surface area contributed by atoms with Crippen LogP contribution in [0.5, 0.6) is 0 Å². The molecule has 0 spiro atoms. The van der Waals surface area contributed by atoms with Crippen molar-refractivity contribution in [3.63, 3.8) is 0 Å². The Bertz CT molecular complexity index is 625. The SMILES string of the molecule is CC(C(C)(C)C(=O)OC1CC(C)C(C)(C)C1(C)C)C(C)(C)C(O)OC1CCCCCCC1.